The smallest absolute Gasteiger partial charge is 0.178 e. The molecule has 0 aliphatic rings. The fourth-order valence-corrected chi connectivity index (χ4v) is 9.14. The molecule has 3 heteroatoms. The van der Waals surface area contributed by atoms with E-state index in [1.165, 1.54) is 58.4 Å². The summed E-state index contributed by atoms with van der Waals surface area (Å²) in [5.41, 5.74) is 9.38. The third-order valence-corrected chi connectivity index (χ3v) is 11.3. The lowest BCUT2D eigenvalue weighted by Gasteiger charge is -2.18. The van der Waals surface area contributed by atoms with E-state index in [2.05, 4.69) is 146 Å². The second-order valence-electron chi connectivity index (χ2n) is 12.8. The zero-order valence-electron chi connectivity index (χ0n) is 26.2. The van der Waals surface area contributed by atoms with E-state index in [9.17, 15) is 0 Å². The Morgan fingerprint density at radius 3 is 1.71 bits per heavy atom. The maximum Gasteiger partial charge on any atom is 0.178 e. The van der Waals surface area contributed by atoms with Crippen LogP contribution in [-0.2, 0) is 0 Å². The van der Waals surface area contributed by atoms with Gasteiger partial charge in [0.15, 0.2) is 11.2 Å². The van der Waals surface area contributed by atoms with Crippen molar-refractivity contribution in [3.8, 4) is 33.4 Å². The molecule has 49 heavy (non-hydrogen) atoms. The zero-order valence-corrected chi connectivity index (χ0v) is 27.1. The largest absolute Gasteiger partial charge is 0.460 e. The van der Waals surface area contributed by atoms with Gasteiger partial charge >= 0.3 is 0 Å². The summed E-state index contributed by atoms with van der Waals surface area (Å²) >= 11 is 1.87. The van der Waals surface area contributed by atoms with Gasteiger partial charge in [0, 0.05) is 53.0 Å². The molecule has 0 radical (unpaired) electrons. The van der Waals surface area contributed by atoms with E-state index < -0.39 is 0 Å². The summed E-state index contributed by atoms with van der Waals surface area (Å²) in [4.78, 5) is 0. The Kier molecular flexibility index (Phi) is 5.57. The Bertz CT molecular complexity index is 3050. The van der Waals surface area contributed by atoms with E-state index in [0.717, 1.165) is 49.6 Å². The molecular weight excluding hydrogens is 617 g/mol. The van der Waals surface area contributed by atoms with E-state index in [1.807, 2.05) is 23.7 Å². The molecule has 0 fully saturated rings. The number of benzene rings is 8. The molecule has 0 bridgehead atoms. The molecule has 0 atom stereocenters. The fraction of sp³-hybridized carbons (Fsp3) is 0. The van der Waals surface area contributed by atoms with Gasteiger partial charge in [-0.3, -0.25) is 0 Å². The summed E-state index contributed by atoms with van der Waals surface area (Å²) in [5, 5.41) is 10.7. The molecule has 0 amide bonds. The molecule has 0 aliphatic carbocycles. The van der Waals surface area contributed by atoms with Gasteiger partial charge < -0.3 is 8.83 Å². The Morgan fingerprint density at radius 2 is 0.939 bits per heavy atom. The van der Waals surface area contributed by atoms with Crippen LogP contribution < -0.4 is 0 Å². The van der Waals surface area contributed by atoms with E-state index in [4.69, 9.17) is 8.83 Å². The number of thiophene rings is 1. The molecule has 3 heterocycles. The Morgan fingerprint density at radius 1 is 0.347 bits per heavy atom. The van der Waals surface area contributed by atoms with Crippen LogP contribution in [0.3, 0.4) is 0 Å². The molecule has 2 nitrogen and oxygen atoms in total. The summed E-state index contributed by atoms with van der Waals surface area (Å²) in [6, 6.07) is 54.6. The average Bonchev–Trinajstić information content (AvgIpc) is 3.87. The first kappa shape index (κ1) is 26.9. The third-order valence-electron chi connectivity index (χ3n) is 10.2. The highest BCUT2D eigenvalue weighted by Crippen LogP contribution is 2.48. The van der Waals surface area contributed by atoms with Crippen molar-refractivity contribution in [2.45, 2.75) is 0 Å². The van der Waals surface area contributed by atoms with E-state index in [-0.39, 0.29) is 0 Å². The monoisotopic (exact) mass is 642 g/mol. The normalized spacial score (nSPS) is 12.1. The summed E-state index contributed by atoms with van der Waals surface area (Å²) in [6.45, 7) is 0. The van der Waals surface area contributed by atoms with Crippen molar-refractivity contribution in [3.63, 3.8) is 0 Å². The molecule has 0 unspecified atom stereocenters. The van der Waals surface area contributed by atoms with Crippen LogP contribution in [0.2, 0.25) is 0 Å². The number of hydrogen-bond donors (Lipinski definition) is 0. The van der Waals surface area contributed by atoms with Gasteiger partial charge in [-0.1, -0.05) is 127 Å². The number of fused-ring (bicyclic) bond motifs is 10. The van der Waals surface area contributed by atoms with Crippen LogP contribution in [0.15, 0.2) is 167 Å². The summed E-state index contributed by atoms with van der Waals surface area (Å²) in [5.74, 6) is 0. The first-order chi connectivity index (χ1) is 24.3. The van der Waals surface area contributed by atoms with Crippen LogP contribution in [0, 0.1) is 0 Å². The van der Waals surface area contributed by atoms with Gasteiger partial charge in [0.1, 0.15) is 5.58 Å². The lowest BCUT2D eigenvalue weighted by molar-refractivity contribution is 0.601. The van der Waals surface area contributed by atoms with Crippen LogP contribution in [0.25, 0.3) is 108 Å². The molecule has 0 saturated heterocycles. The van der Waals surface area contributed by atoms with Crippen LogP contribution in [0.1, 0.15) is 0 Å². The van der Waals surface area contributed by atoms with Gasteiger partial charge in [0.05, 0.1) is 6.26 Å². The van der Waals surface area contributed by atoms with Gasteiger partial charge in [-0.05, 0) is 62.5 Å². The van der Waals surface area contributed by atoms with Crippen molar-refractivity contribution >= 4 is 86.0 Å². The Labute approximate surface area is 285 Å². The van der Waals surface area contributed by atoms with Crippen LogP contribution in [-0.4, -0.2) is 0 Å². The van der Waals surface area contributed by atoms with Crippen molar-refractivity contribution in [2.24, 2.45) is 0 Å². The summed E-state index contributed by atoms with van der Waals surface area (Å²) < 4.78 is 15.8. The molecule has 8 aromatic carbocycles. The molecule has 3 aromatic heterocycles. The molecule has 0 spiro atoms. The van der Waals surface area contributed by atoms with E-state index >= 15 is 0 Å². The molecule has 11 rings (SSSR count). The second-order valence-corrected chi connectivity index (χ2v) is 13.9. The quantitative estimate of drug-likeness (QED) is 0.179. The van der Waals surface area contributed by atoms with Crippen LogP contribution >= 0.6 is 11.3 Å². The van der Waals surface area contributed by atoms with Crippen molar-refractivity contribution in [2.75, 3.05) is 0 Å². The molecular formula is C46H26O2S. The van der Waals surface area contributed by atoms with Gasteiger partial charge in [-0.25, -0.2) is 0 Å². The molecule has 0 saturated carbocycles. The minimum absolute atomic E-state index is 0.778. The van der Waals surface area contributed by atoms with Crippen molar-refractivity contribution < 1.29 is 8.83 Å². The van der Waals surface area contributed by atoms with Crippen molar-refractivity contribution in [3.05, 3.63) is 158 Å². The number of furan rings is 2. The topological polar surface area (TPSA) is 26.3 Å². The maximum absolute atomic E-state index is 6.90. The fourth-order valence-electron chi connectivity index (χ4n) is 8.00. The molecule has 228 valence electrons. The first-order valence-electron chi connectivity index (χ1n) is 16.6. The average molecular weight is 643 g/mol. The number of para-hydroxylation sites is 1. The second kappa shape index (κ2) is 10.2. The maximum atomic E-state index is 6.90. The minimum atomic E-state index is 0.778. The highest BCUT2D eigenvalue weighted by molar-refractivity contribution is 7.25. The van der Waals surface area contributed by atoms with E-state index in [0.29, 0.717) is 0 Å². The Balaban J connectivity index is 1.19. The predicted octanol–water partition coefficient (Wildman–Crippen LogP) is 14.0. The Hall–Kier alpha value is -6.16. The van der Waals surface area contributed by atoms with Gasteiger partial charge in [-0.2, -0.15) is 0 Å². The zero-order chi connectivity index (χ0) is 32.1. The molecule has 0 N–H and O–H groups in total. The van der Waals surface area contributed by atoms with Gasteiger partial charge in [0.2, 0.25) is 0 Å². The van der Waals surface area contributed by atoms with E-state index in [1.54, 1.807) is 0 Å². The summed E-state index contributed by atoms with van der Waals surface area (Å²) in [6.07, 6.45) is 1.85. The predicted molar refractivity (Wildman–Crippen MR) is 208 cm³/mol. The highest BCUT2D eigenvalue weighted by Gasteiger charge is 2.22. The number of hydrogen-bond acceptors (Lipinski definition) is 3. The summed E-state index contributed by atoms with van der Waals surface area (Å²) in [7, 11) is 0. The van der Waals surface area contributed by atoms with Gasteiger partial charge in [-0.15, -0.1) is 11.3 Å². The van der Waals surface area contributed by atoms with Gasteiger partial charge in [0.25, 0.3) is 0 Å². The third kappa shape index (κ3) is 3.82. The molecule has 11 aromatic rings. The van der Waals surface area contributed by atoms with Crippen molar-refractivity contribution in [1.82, 2.24) is 0 Å². The van der Waals surface area contributed by atoms with Crippen LogP contribution in [0.5, 0.6) is 0 Å². The number of rotatable bonds is 3. The minimum Gasteiger partial charge on any atom is -0.460 e. The van der Waals surface area contributed by atoms with Crippen LogP contribution in [0.4, 0.5) is 0 Å². The molecule has 0 aliphatic heterocycles. The lowest BCUT2D eigenvalue weighted by Crippen LogP contribution is -1.91. The first-order valence-corrected chi connectivity index (χ1v) is 17.4. The standard InChI is InChI=1S/C46H26O2S/c1-2-11-27(12-3-1)39-26-47-45-37(39)24-23-36-35-18-10-19-38(44(35)48-46(36)45)43-33-16-6-4-14-31(33)42(32-15-5-7-17-34(32)43)28-21-22-30-29-13-8-9-20-40(29)49-41(30)25-28/h1-26H. The SMILES string of the molecule is c1ccc(-c2coc3c2ccc2c4cccc(-c5c6ccccc6c(-c6ccc7c(c6)sc6ccccc67)c6ccccc56)c4oc23)cc1. The highest BCUT2D eigenvalue weighted by atomic mass is 32.1. The lowest BCUT2D eigenvalue weighted by atomic mass is 9.85. The van der Waals surface area contributed by atoms with Crippen molar-refractivity contribution in [1.29, 1.82) is 0 Å².